The van der Waals surface area contributed by atoms with Crippen molar-refractivity contribution in [3.63, 3.8) is 0 Å². The van der Waals surface area contributed by atoms with E-state index in [1.54, 1.807) is 18.2 Å². The van der Waals surface area contributed by atoms with E-state index in [0.29, 0.717) is 29.9 Å². The third kappa shape index (κ3) is 7.16. The van der Waals surface area contributed by atoms with Gasteiger partial charge >= 0.3 is 0 Å². The van der Waals surface area contributed by atoms with E-state index in [9.17, 15) is 26.4 Å². The van der Waals surface area contributed by atoms with Crippen molar-refractivity contribution in [2.24, 2.45) is 11.3 Å². The van der Waals surface area contributed by atoms with Crippen LogP contribution >= 0.6 is 22.9 Å². The number of nitrogens with one attached hydrogen (secondary N) is 2. The average molecular weight is 679 g/mol. The lowest BCUT2D eigenvalue weighted by Crippen LogP contribution is -2.36. The van der Waals surface area contributed by atoms with Crippen molar-refractivity contribution in [1.29, 1.82) is 0 Å². The first-order chi connectivity index (χ1) is 20.5. The molecule has 10 nitrogen and oxygen atoms in total. The molecule has 0 radical (unpaired) electrons. The molecule has 2 atom stereocenters. The standard InChI is InChI=1S/C30H35ClN4O6S3/c1-17-6-5-7-18(12-17)15-44(40,41)29-32-14-22(31)25(34-29)27(37)35-28-24(26(36)33-20-10-11-43(38,39)16-20)21-9-8-19(30(2,3)4)13-23(21)42-28/h5-7,12,14,19-20H,8-11,13,15-16H2,1-4H3,(H,33,36)(H,35,37). The number of amides is 2. The minimum Gasteiger partial charge on any atom is -0.348 e. The maximum atomic E-state index is 13.6. The number of sulfone groups is 2. The molecule has 2 N–H and O–H groups in total. The van der Waals surface area contributed by atoms with Gasteiger partial charge in [-0.15, -0.1) is 11.3 Å². The van der Waals surface area contributed by atoms with Gasteiger partial charge in [-0.2, -0.15) is 0 Å². The van der Waals surface area contributed by atoms with Gasteiger partial charge in [0.15, 0.2) is 15.5 Å². The second-order valence-electron chi connectivity index (χ2n) is 12.6. The first-order valence-corrected chi connectivity index (χ1v) is 19.0. The Hall–Kier alpha value is -2.87. The third-order valence-electron chi connectivity index (χ3n) is 8.17. The van der Waals surface area contributed by atoms with E-state index in [1.165, 1.54) is 11.3 Å². The van der Waals surface area contributed by atoms with Crippen molar-refractivity contribution in [1.82, 2.24) is 15.3 Å². The summed E-state index contributed by atoms with van der Waals surface area (Å²) in [4.78, 5) is 36.1. The summed E-state index contributed by atoms with van der Waals surface area (Å²) in [5.41, 5.74) is 2.29. The number of halogens is 1. The molecule has 1 aromatic carbocycles. The predicted molar refractivity (Wildman–Crippen MR) is 171 cm³/mol. The normalized spacial score (nSPS) is 19.8. The lowest BCUT2D eigenvalue weighted by Gasteiger charge is -2.33. The third-order valence-corrected chi connectivity index (χ3v) is 12.8. The molecular weight excluding hydrogens is 644 g/mol. The average Bonchev–Trinajstić information content (AvgIpc) is 3.45. The van der Waals surface area contributed by atoms with Gasteiger partial charge in [0.2, 0.25) is 15.0 Å². The van der Waals surface area contributed by atoms with Crippen LogP contribution in [0, 0.1) is 18.3 Å². The number of aromatic nitrogens is 2. The highest BCUT2D eigenvalue weighted by molar-refractivity contribution is 7.91. The Balaban J connectivity index is 1.45. The molecule has 2 aliphatic rings. The number of thiophene rings is 1. The minimum absolute atomic E-state index is 0.0118. The van der Waals surface area contributed by atoms with Crippen LogP contribution < -0.4 is 10.6 Å². The van der Waals surface area contributed by atoms with E-state index >= 15 is 0 Å². The summed E-state index contributed by atoms with van der Waals surface area (Å²) >= 11 is 7.58. The zero-order valence-corrected chi connectivity index (χ0v) is 28.1. The first-order valence-electron chi connectivity index (χ1n) is 14.3. The largest absolute Gasteiger partial charge is 0.348 e. The van der Waals surface area contributed by atoms with Gasteiger partial charge in [-0.3, -0.25) is 9.59 Å². The topological polar surface area (TPSA) is 152 Å². The van der Waals surface area contributed by atoms with Crippen LogP contribution in [0.2, 0.25) is 5.02 Å². The van der Waals surface area contributed by atoms with Gasteiger partial charge < -0.3 is 10.6 Å². The Bertz CT molecular complexity index is 1850. The summed E-state index contributed by atoms with van der Waals surface area (Å²) in [5, 5.41) is 5.23. The number of rotatable bonds is 7. The van der Waals surface area contributed by atoms with E-state index in [1.807, 2.05) is 13.0 Å². The first kappa shape index (κ1) is 32.5. The molecule has 1 fully saturated rings. The van der Waals surface area contributed by atoms with Crippen LogP contribution in [-0.4, -0.2) is 56.2 Å². The van der Waals surface area contributed by atoms with Crippen LogP contribution in [0.25, 0.3) is 0 Å². The fourth-order valence-electron chi connectivity index (χ4n) is 5.73. The van der Waals surface area contributed by atoms with Crippen LogP contribution in [0.5, 0.6) is 0 Å². The van der Waals surface area contributed by atoms with E-state index in [0.717, 1.165) is 35.0 Å². The van der Waals surface area contributed by atoms with Gasteiger partial charge in [0, 0.05) is 10.9 Å². The number of hydrogen-bond donors (Lipinski definition) is 2. The van der Waals surface area contributed by atoms with E-state index < -0.39 is 42.7 Å². The van der Waals surface area contributed by atoms with Gasteiger partial charge in [-0.1, -0.05) is 62.2 Å². The summed E-state index contributed by atoms with van der Waals surface area (Å²) < 4.78 is 50.4. The molecule has 1 aliphatic carbocycles. The van der Waals surface area contributed by atoms with Crippen LogP contribution in [0.3, 0.4) is 0 Å². The lowest BCUT2D eigenvalue weighted by atomic mass is 9.72. The summed E-state index contributed by atoms with van der Waals surface area (Å²) in [7, 11) is -7.23. The van der Waals surface area contributed by atoms with Crippen molar-refractivity contribution < 1.29 is 26.4 Å². The Morgan fingerprint density at radius 2 is 1.91 bits per heavy atom. The Morgan fingerprint density at radius 1 is 1.16 bits per heavy atom. The molecule has 1 aliphatic heterocycles. The smallest absolute Gasteiger partial charge is 0.276 e. The van der Waals surface area contributed by atoms with Crippen molar-refractivity contribution in [3.05, 3.63) is 68.3 Å². The van der Waals surface area contributed by atoms with Gasteiger partial charge in [-0.25, -0.2) is 26.8 Å². The minimum atomic E-state index is -4.01. The second-order valence-corrected chi connectivity index (χ2v) is 18.3. The van der Waals surface area contributed by atoms with Crippen molar-refractivity contribution in [2.45, 2.75) is 70.3 Å². The fourth-order valence-corrected chi connectivity index (χ4v) is 10.1. The van der Waals surface area contributed by atoms with Crippen molar-refractivity contribution in [2.75, 3.05) is 16.8 Å². The highest BCUT2D eigenvalue weighted by Gasteiger charge is 2.36. The zero-order valence-electron chi connectivity index (χ0n) is 24.9. The summed E-state index contributed by atoms with van der Waals surface area (Å²) in [6, 6.07) is 6.52. The highest BCUT2D eigenvalue weighted by Crippen LogP contribution is 2.44. The molecule has 44 heavy (non-hydrogen) atoms. The van der Waals surface area contributed by atoms with E-state index in [2.05, 4.69) is 41.4 Å². The van der Waals surface area contributed by atoms with Crippen LogP contribution in [0.1, 0.15) is 76.0 Å². The highest BCUT2D eigenvalue weighted by atomic mass is 35.5. The Kier molecular flexibility index (Phi) is 8.98. The summed E-state index contributed by atoms with van der Waals surface area (Å²) in [6.45, 7) is 8.38. The molecule has 0 bridgehead atoms. The van der Waals surface area contributed by atoms with Crippen LogP contribution in [0.15, 0.2) is 35.6 Å². The molecule has 0 saturated carbocycles. The molecular formula is C30H35ClN4O6S3. The second kappa shape index (κ2) is 12.1. The molecule has 5 rings (SSSR count). The quantitative estimate of drug-likeness (QED) is 0.338. The van der Waals surface area contributed by atoms with Gasteiger partial charge in [0.25, 0.3) is 11.8 Å². The zero-order chi connectivity index (χ0) is 32.0. The molecule has 2 unspecified atom stereocenters. The van der Waals surface area contributed by atoms with Gasteiger partial charge in [0.1, 0.15) is 5.00 Å². The fraction of sp³-hybridized carbons (Fsp3) is 0.467. The Labute approximate surface area is 266 Å². The van der Waals surface area contributed by atoms with Crippen LogP contribution in [0.4, 0.5) is 5.00 Å². The maximum Gasteiger partial charge on any atom is 0.276 e. The SMILES string of the molecule is Cc1cccc(CS(=O)(=O)c2ncc(Cl)c(C(=O)Nc3sc4c(c3C(=O)NC3CCS(=O)(=O)C3)CCC(C(C)(C)C)C4)n2)c1. The number of fused-ring (bicyclic) bond motifs is 1. The monoisotopic (exact) mass is 678 g/mol. The lowest BCUT2D eigenvalue weighted by molar-refractivity contribution is 0.0941. The summed E-state index contributed by atoms with van der Waals surface area (Å²) in [6.07, 6.45) is 3.62. The number of nitrogens with zero attached hydrogens (tertiary/aromatic N) is 2. The van der Waals surface area contributed by atoms with Crippen LogP contribution in [-0.2, 0) is 38.3 Å². The molecule has 2 amide bonds. The predicted octanol–water partition coefficient (Wildman–Crippen LogP) is 4.79. The Morgan fingerprint density at radius 3 is 2.57 bits per heavy atom. The number of benzene rings is 1. The van der Waals surface area contributed by atoms with Crippen molar-refractivity contribution in [3.8, 4) is 0 Å². The van der Waals surface area contributed by atoms with Gasteiger partial charge in [-0.05, 0) is 55.1 Å². The van der Waals surface area contributed by atoms with Crippen molar-refractivity contribution >= 4 is 59.4 Å². The maximum absolute atomic E-state index is 13.6. The number of aryl methyl sites for hydroxylation is 1. The number of anilines is 1. The van der Waals surface area contributed by atoms with E-state index in [-0.39, 0.29) is 38.4 Å². The molecule has 1 saturated heterocycles. The number of carbonyl (C=O) groups excluding carboxylic acids is 2. The van der Waals surface area contributed by atoms with E-state index in [4.69, 9.17) is 11.6 Å². The number of carbonyl (C=O) groups is 2. The van der Waals surface area contributed by atoms with Gasteiger partial charge in [0.05, 0.1) is 34.0 Å². The molecule has 2 aromatic heterocycles. The number of hydrogen-bond acceptors (Lipinski definition) is 9. The molecule has 0 spiro atoms. The summed E-state index contributed by atoms with van der Waals surface area (Å²) in [5.74, 6) is -1.35. The molecule has 3 aromatic rings. The molecule has 236 valence electrons. The molecule has 14 heteroatoms. The molecule has 3 heterocycles.